The lowest BCUT2D eigenvalue weighted by Gasteiger charge is -2.14. The molecule has 18 heavy (non-hydrogen) atoms. The van der Waals surface area contributed by atoms with Crippen LogP contribution in [0.4, 0.5) is 5.82 Å². The maximum absolute atomic E-state index is 9.53. The Hall–Kier alpha value is -1.46. The van der Waals surface area contributed by atoms with Crippen molar-refractivity contribution in [2.24, 2.45) is 0 Å². The number of aromatic nitrogens is 3. The molecular formula is C12H13ClN4O. The van der Waals surface area contributed by atoms with Gasteiger partial charge in [-0.15, -0.1) is 10.2 Å². The van der Waals surface area contributed by atoms with Crippen molar-refractivity contribution in [1.29, 1.82) is 0 Å². The van der Waals surface area contributed by atoms with Gasteiger partial charge in [0.15, 0.2) is 11.0 Å². The number of hydrogen-bond donors (Lipinski definition) is 2. The number of nitrogens with zero attached hydrogens (tertiary/aromatic N) is 3. The second-order valence-corrected chi connectivity index (χ2v) is 4.93. The van der Waals surface area contributed by atoms with Crippen molar-refractivity contribution in [2.45, 2.75) is 31.4 Å². The number of pyridine rings is 1. The van der Waals surface area contributed by atoms with Gasteiger partial charge in [-0.2, -0.15) is 0 Å². The van der Waals surface area contributed by atoms with Crippen molar-refractivity contribution in [3.63, 3.8) is 0 Å². The zero-order valence-corrected chi connectivity index (χ0v) is 10.4. The average Bonchev–Trinajstić information content (AvgIpc) is 2.79. The minimum atomic E-state index is -0.216. The molecule has 2 heterocycles. The van der Waals surface area contributed by atoms with Crippen LogP contribution >= 0.6 is 11.6 Å². The highest BCUT2D eigenvalue weighted by atomic mass is 35.5. The zero-order chi connectivity index (χ0) is 12.5. The van der Waals surface area contributed by atoms with Crippen LogP contribution in [0.3, 0.4) is 0 Å². The molecule has 0 spiro atoms. The standard InChI is InChI=1S/C12H13ClN4O/c13-11-9-3-4-14-6-10(9)12(17-16-11)15-7-1-2-8(18)5-7/h3-4,6-8,18H,1-2,5H2,(H,15,17)/t7-,8+/m1/s1. The van der Waals surface area contributed by atoms with E-state index in [1.54, 1.807) is 12.4 Å². The molecule has 0 saturated heterocycles. The van der Waals surface area contributed by atoms with Crippen LogP contribution in [0.15, 0.2) is 18.5 Å². The highest BCUT2D eigenvalue weighted by Gasteiger charge is 2.23. The molecule has 1 aliphatic rings. The van der Waals surface area contributed by atoms with Gasteiger partial charge in [-0.3, -0.25) is 4.98 Å². The summed E-state index contributed by atoms with van der Waals surface area (Å²) in [4.78, 5) is 4.09. The molecule has 0 aliphatic heterocycles. The quantitative estimate of drug-likeness (QED) is 0.868. The van der Waals surface area contributed by atoms with E-state index in [0.717, 1.165) is 30.0 Å². The molecule has 1 saturated carbocycles. The third kappa shape index (κ3) is 2.11. The summed E-state index contributed by atoms with van der Waals surface area (Å²) >= 11 is 6.00. The van der Waals surface area contributed by atoms with Crippen LogP contribution in [0.1, 0.15) is 19.3 Å². The summed E-state index contributed by atoms with van der Waals surface area (Å²) in [5.74, 6) is 0.682. The molecule has 94 valence electrons. The number of halogens is 1. The number of rotatable bonds is 2. The van der Waals surface area contributed by atoms with Crippen molar-refractivity contribution in [3.8, 4) is 0 Å². The number of hydrogen-bond acceptors (Lipinski definition) is 5. The predicted molar refractivity (Wildman–Crippen MR) is 69.6 cm³/mol. The molecule has 2 atom stereocenters. The molecule has 0 aromatic carbocycles. The fourth-order valence-corrected chi connectivity index (χ4v) is 2.56. The maximum Gasteiger partial charge on any atom is 0.159 e. The van der Waals surface area contributed by atoms with E-state index < -0.39 is 0 Å². The van der Waals surface area contributed by atoms with Crippen LogP contribution in [0.25, 0.3) is 10.8 Å². The second kappa shape index (κ2) is 4.66. The van der Waals surface area contributed by atoms with Crippen LogP contribution in [-0.2, 0) is 0 Å². The number of aliphatic hydroxyl groups is 1. The molecule has 0 radical (unpaired) electrons. The molecule has 2 aromatic heterocycles. The lowest BCUT2D eigenvalue weighted by molar-refractivity contribution is 0.182. The number of fused-ring (bicyclic) bond motifs is 1. The van der Waals surface area contributed by atoms with Crippen molar-refractivity contribution in [2.75, 3.05) is 5.32 Å². The Labute approximate surface area is 109 Å². The largest absolute Gasteiger partial charge is 0.393 e. The predicted octanol–water partition coefficient (Wildman–Crippen LogP) is 2.00. The van der Waals surface area contributed by atoms with Gasteiger partial charge in [0.05, 0.1) is 6.10 Å². The third-order valence-corrected chi connectivity index (χ3v) is 3.56. The highest BCUT2D eigenvalue weighted by Crippen LogP contribution is 2.28. The van der Waals surface area contributed by atoms with Gasteiger partial charge >= 0.3 is 0 Å². The summed E-state index contributed by atoms with van der Waals surface area (Å²) in [5.41, 5.74) is 0. The molecule has 1 aliphatic carbocycles. The molecule has 2 N–H and O–H groups in total. The van der Waals surface area contributed by atoms with Crippen LogP contribution in [0, 0.1) is 0 Å². The Morgan fingerprint density at radius 3 is 2.94 bits per heavy atom. The van der Waals surface area contributed by atoms with Crippen molar-refractivity contribution >= 4 is 28.2 Å². The number of nitrogens with one attached hydrogen (secondary N) is 1. The number of aliphatic hydroxyl groups excluding tert-OH is 1. The fourth-order valence-electron chi connectivity index (χ4n) is 2.35. The molecule has 0 unspecified atom stereocenters. The second-order valence-electron chi connectivity index (χ2n) is 4.57. The van der Waals surface area contributed by atoms with Crippen molar-refractivity contribution in [1.82, 2.24) is 15.2 Å². The molecule has 6 heteroatoms. The summed E-state index contributed by atoms with van der Waals surface area (Å²) in [6, 6.07) is 2.06. The lowest BCUT2D eigenvalue weighted by atomic mass is 10.2. The molecule has 5 nitrogen and oxygen atoms in total. The third-order valence-electron chi connectivity index (χ3n) is 3.28. The van der Waals surface area contributed by atoms with Gasteiger partial charge in [0.25, 0.3) is 0 Å². The summed E-state index contributed by atoms with van der Waals surface area (Å²) in [5, 5.41) is 22.9. The minimum absolute atomic E-state index is 0.216. The summed E-state index contributed by atoms with van der Waals surface area (Å²) in [7, 11) is 0. The molecule has 2 aromatic rings. The molecular weight excluding hydrogens is 252 g/mol. The van der Waals surface area contributed by atoms with E-state index >= 15 is 0 Å². The summed E-state index contributed by atoms with van der Waals surface area (Å²) in [6.45, 7) is 0. The van der Waals surface area contributed by atoms with E-state index in [1.807, 2.05) is 6.07 Å². The van der Waals surface area contributed by atoms with E-state index in [9.17, 15) is 5.11 Å². The number of anilines is 1. The molecule has 1 fully saturated rings. The van der Waals surface area contributed by atoms with Crippen molar-refractivity contribution < 1.29 is 5.11 Å². The van der Waals surface area contributed by atoms with E-state index in [4.69, 9.17) is 11.6 Å². The van der Waals surface area contributed by atoms with Gasteiger partial charge in [-0.25, -0.2) is 0 Å². The zero-order valence-electron chi connectivity index (χ0n) is 9.67. The Morgan fingerprint density at radius 1 is 1.28 bits per heavy atom. The normalized spacial score (nSPS) is 23.4. The average molecular weight is 265 g/mol. The van der Waals surface area contributed by atoms with Crippen LogP contribution < -0.4 is 5.32 Å². The molecule has 0 bridgehead atoms. The molecule has 0 amide bonds. The fraction of sp³-hybridized carbons (Fsp3) is 0.417. The van der Waals surface area contributed by atoms with Crippen LogP contribution in [-0.4, -0.2) is 32.4 Å². The SMILES string of the molecule is O[C@H]1CC[C@@H](Nc2nnc(Cl)c3ccncc23)C1. The van der Waals surface area contributed by atoms with E-state index in [1.165, 1.54) is 0 Å². The first-order chi connectivity index (χ1) is 8.74. The first-order valence-corrected chi connectivity index (χ1v) is 6.32. The Balaban J connectivity index is 1.95. The monoisotopic (exact) mass is 264 g/mol. The van der Waals surface area contributed by atoms with Crippen LogP contribution in [0.5, 0.6) is 0 Å². The first-order valence-electron chi connectivity index (χ1n) is 5.94. The van der Waals surface area contributed by atoms with Crippen molar-refractivity contribution in [3.05, 3.63) is 23.6 Å². The topological polar surface area (TPSA) is 70.9 Å². The lowest BCUT2D eigenvalue weighted by Crippen LogP contribution is -2.18. The maximum atomic E-state index is 9.53. The Kier molecular flexibility index (Phi) is 3.01. The summed E-state index contributed by atoms with van der Waals surface area (Å²) in [6.07, 6.45) is 5.70. The van der Waals surface area contributed by atoms with Gasteiger partial charge in [0, 0.05) is 29.2 Å². The van der Waals surface area contributed by atoms with Crippen LogP contribution in [0.2, 0.25) is 5.15 Å². The van der Waals surface area contributed by atoms with E-state index in [2.05, 4.69) is 20.5 Å². The Morgan fingerprint density at radius 2 is 2.17 bits per heavy atom. The smallest absolute Gasteiger partial charge is 0.159 e. The van der Waals surface area contributed by atoms with Gasteiger partial charge in [0.1, 0.15) is 0 Å². The van der Waals surface area contributed by atoms with E-state index in [-0.39, 0.29) is 12.1 Å². The van der Waals surface area contributed by atoms with Gasteiger partial charge in [0.2, 0.25) is 0 Å². The molecule has 3 rings (SSSR count). The highest BCUT2D eigenvalue weighted by molar-refractivity contribution is 6.34. The first kappa shape index (κ1) is 11.6. The van der Waals surface area contributed by atoms with E-state index in [0.29, 0.717) is 11.0 Å². The summed E-state index contributed by atoms with van der Waals surface area (Å²) < 4.78 is 0. The van der Waals surface area contributed by atoms with Gasteiger partial charge < -0.3 is 10.4 Å². The minimum Gasteiger partial charge on any atom is -0.393 e. The van der Waals surface area contributed by atoms with Gasteiger partial charge in [-0.05, 0) is 25.3 Å². The van der Waals surface area contributed by atoms with Gasteiger partial charge in [-0.1, -0.05) is 11.6 Å². The Bertz CT molecular complexity index is 577.